The molecule has 1 aromatic rings. The Balaban J connectivity index is 1.62. The quantitative estimate of drug-likeness (QED) is 0.855. The summed E-state index contributed by atoms with van der Waals surface area (Å²) >= 11 is 1.42. The first-order valence-corrected chi connectivity index (χ1v) is 6.65. The third-order valence-corrected chi connectivity index (χ3v) is 3.83. The molecule has 0 spiro atoms. The van der Waals surface area contributed by atoms with Gasteiger partial charge in [-0.1, -0.05) is 24.3 Å². The van der Waals surface area contributed by atoms with Crippen LogP contribution in [0.3, 0.4) is 0 Å². The summed E-state index contributed by atoms with van der Waals surface area (Å²) in [4.78, 5) is 0. The Bertz CT molecular complexity index is 265. The van der Waals surface area contributed by atoms with Gasteiger partial charge in [-0.2, -0.15) is 0 Å². The summed E-state index contributed by atoms with van der Waals surface area (Å²) < 4.78 is 3.85. The number of rotatable bonds is 4. The van der Waals surface area contributed by atoms with E-state index in [0.29, 0.717) is 0 Å². The molecule has 15 heavy (non-hydrogen) atoms. The van der Waals surface area contributed by atoms with Crippen LogP contribution in [0.1, 0.15) is 38.3 Å². The summed E-state index contributed by atoms with van der Waals surface area (Å²) in [7, 11) is 0. The van der Waals surface area contributed by atoms with E-state index in [2.05, 4.69) is 21.8 Å². The fourth-order valence-corrected chi connectivity index (χ4v) is 2.65. The summed E-state index contributed by atoms with van der Waals surface area (Å²) in [5.74, 6) is 1.83. The van der Waals surface area contributed by atoms with E-state index in [1.54, 1.807) is 0 Å². The fraction of sp³-hybridized carbons (Fsp3) is 0.818. The predicted octanol–water partition coefficient (Wildman–Crippen LogP) is 2.45. The van der Waals surface area contributed by atoms with Crippen molar-refractivity contribution in [1.82, 2.24) is 14.9 Å². The van der Waals surface area contributed by atoms with Gasteiger partial charge in [-0.3, -0.25) is 0 Å². The Hall–Kier alpha value is -0.480. The first-order valence-electron chi connectivity index (χ1n) is 5.81. The second-order valence-electron chi connectivity index (χ2n) is 4.65. The highest BCUT2D eigenvalue weighted by Crippen LogP contribution is 2.27. The van der Waals surface area contributed by atoms with Crippen LogP contribution in [0.4, 0.5) is 0 Å². The maximum atomic E-state index is 4.02. The Morgan fingerprint density at radius 1 is 1.40 bits per heavy atom. The van der Waals surface area contributed by atoms with Crippen molar-refractivity contribution in [3.8, 4) is 0 Å². The van der Waals surface area contributed by atoms with Gasteiger partial charge in [-0.25, -0.2) is 0 Å². The molecule has 0 radical (unpaired) electrons. The zero-order valence-corrected chi connectivity index (χ0v) is 10.1. The maximum absolute atomic E-state index is 4.02. The Morgan fingerprint density at radius 3 is 2.87 bits per heavy atom. The molecule has 0 aliphatic heterocycles. The van der Waals surface area contributed by atoms with Gasteiger partial charge in [0.2, 0.25) is 0 Å². The zero-order valence-electron chi connectivity index (χ0n) is 9.28. The minimum Gasteiger partial charge on any atom is -0.311 e. The lowest BCUT2D eigenvalue weighted by Gasteiger charge is -2.26. The molecule has 2 rings (SSSR count). The summed E-state index contributed by atoms with van der Waals surface area (Å²) in [6.07, 6.45) is 5.60. The maximum Gasteiger partial charge on any atom is 0.0893 e. The van der Waals surface area contributed by atoms with Crippen LogP contribution in [-0.2, 0) is 6.54 Å². The molecule has 4 heteroatoms. The average Bonchev–Trinajstić information content (AvgIpc) is 2.74. The highest BCUT2D eigenvalue weighted by atomic mass is 32.1. The third-order valence-electron chi connectivity index (χ3n) is 3.28. The van der Waals surface area contributed by atoms with Crippen molar-refractivity contribution < 1.29 is 0 Å². The standard InChI is InChI=1S/C11H19N3S/c1-9-2-4-10(5-3-9)6-12-7-11-8-15-14-13-11/h8-10,12H,2-7H2,1H3. The van der Waals surface area contributed by atoms with Crippen molar-refractivity contribution in [3.63, 3.8) is 0 Å². The third kappa shape index (κ3) is 3.54. The van der Waals surface area contributed by atoms with Gasteiger partial charge < -0.3 is 5.32 Å². The van der Waals surface area contributed by atoms with Gasteiger partial charge in [-0.15, -0.1) is 5.10 Å². The van der Waals surface area contributed by atoms with E-state index in [1.807, 2.05) is 5.38 Å². The van der Waals surface area contributed by atoms with Gasteiger partial charge in [0.15, 0.2) is 0 Å². The minimum atomic E-state index is 0.878. The molecule has 0 unspecified atom stereocenters. The highest BCUT2D eigenvalue weighted by molar-refractivity contribution is 7.03. The molecule has 0 amide bonds. The molecule has 1 heterocycles. The molecule has 0 saturated heterocycles. The van der Waals surface area contributed by atoms with Crippen LogP contribution in [0.2, 0.25) is 0 Å². The largest absolute Gasteiger partial charge is 0.311 e. The Morgan fingerprint density at radius 2 is 2.20 bits per heavy atom. The van der Waals surface area contributed by atoms with Gasteiger partial charge in [-0.05, 0) is 42.8 Å². The van der Waals surface area contributed by atoms with E-state index < -0.39 is 0 Å². The molecule has 0 bridgehead atoms. The number of hydrogen-bond donors (Lipinski definition) is 1. The van der Waals surface area contributed by atoms with Crippen LogP contribution in [0.25, 0.3) is 0 Å². The lowest BCUT2D eigenvalue weighted by atomic mass is 9.83. The van der Waals surface area contributed by atoms with Crippen LogP contribution in [0.5, 0.6) is 0 Å². The molecule has 1 aromatic heterocycles. The monoisotopic (exact) mass is 225 g/mol. The number of nitrogens with one attached hydrogen (secondary N) is 1. The SMILES string of the molecule is CC1CCC(CNCc2csnn2)CC1. The first kappa shape index (κ1) is 11.0. The van der Waals surface area contributed by atoms with Crippen LogP contribution in [-0.4, -0.2) is 16.1 Å². The lowest BCUT2D eigenvalue weighted by Crippen LogP contribution is -2.25. The van der Waals surface area contributed by atoms with Gasteiger partial charge in [0.25, 0.3) is 0 Å². The normalized spacial score (nSPS) is 26.7. The summed E-state index contributed by atoms with van der Waals surface area (Å²) in [6.45, 7) is 4.39. The second kappa shape index (κ2) is 5.56. The van der Waals surface area contributed by atoms with Crippen LogP contribution >= 0.6 is 11.5 Å². The number of aromatic nitrogens is 2. The smallest absolute Gasteiger partial charge is 0.0893 e. The molecule has 84 valence electrons. The van der Waals surface area contributed by atoms with E-state index in [1.165, 1.54) is 37.2 Å². The van der Waals surface area contributed by atoms with E-state index in [9.17, 15) is 0 Å². The summed E-state index contributed by atoms with van der Waals surface area (Å²) in [5, 5.41) is 9.50. The Labute approximate surface area is 95.4 Å². The van der Waals surface area contributed by atoms with Crippen molar-refractivity contribution in [2.75, 3.05) is 6.54 Å². The molecule has 1 fully saturated rings. The predicted molar refractivity (Wildman–Crippen MR) is 62.7 cm³/mol. The topological polar surface area (TPSA) is 37.8 Å². The van der Waals surface area contributed by atoms with Crippen LogP contribution in [0, 0.1) is 11.8 Å². The van der Waals surface area contributed by atoms with Gasteiger partial charge in [0.1, 0.15) is 0 Å². The fourth-order valence-electron chi connectivity index (χ4n) is 2.20. The van der Waals surface area contributed by atoms with E-state index >= 15 is 0 Å². The zero-order chi connectivity index (χ0) is 10.5. The Kier molecular flexibility index (Phi) is 4.09. The average molecular weight is 225 g/mol. The van der Waals surface area contributed by atoms with Crippen molar-refractivity contribution in [1.29, 1.82) is 0 Å². The molecule has 1 aliphatic rings. The lowest BCUT2D eigenvalue weighted by molar-refractivity contribution is 0.281. The van der Waals surface area contributed by atoms with Gasteiger partial charge in [0.05, 0.1) is 5.69 Å². The molecule has 0 aromatic carbocycles. The highest BCUT2D eigenvalue weighted by Gasteiger charge is 2.17. The molecule has 1 N–H and O–H groups in total. The van der Waals surface area contributed by atoms with E-state index in [-0.39, 0.29) is 0 Å². The molecular weight excluding hydrogens is 206 g/mol. The van der Waals surface area contributed by atoms with Crippen molar-refractivity contribution >= 4 is 11.5 Å². The first-order chi connectivity index (χ1) is 7.34. The van der Waals surface area contributed by atoms with Crippen LogP contribution < -0.4 is 5.32 Å². The van der Waals surface area contributed by atoms with Crippen molar-refractivity contribution in [3.05, 3.63) is 11.1 Å². The molecular formula is C11H19N3S. The molecule has 0 atom stereocenters. The van der Waals surface area contributed by atoms with Crippen molar-refractivity contribution in [2.24, 2.45) is 11.8 Å². The van der Waals surface area contributed by atoms with Gasteiger partial charge in [0, 0.05) is 11.9 Å². The van der Waals surface area contributed by atoms with Crippen molar-refractivity contribution in [2.45, 2.75) is 39.2 Å². The molecule has 1 saturated carbocycles. The molecule has 3 nitrogen and oxygen atoms in total. The summed E-state index contributed by atoms with van der Waals surface area (Å²) in [5.41, 5.74) is 1.07. The van der Waals surface area contributed by atoms with Crippen LogP contribution in [0.15, 0.2) is 5.38 Å². The number of hydrogen-bond acceptors (Lipinski definition) is 4. The second-order valence-corrected chi connectivity index (χ2v) is 5.26. The van der Waals surface area contributed by atoms with E-state index in [0.717, 1.165) is 30.6 Å². The molecule has 1 aliphatic carbocycles. The van der Waals surface area contributed by atoms with E-state index in [4.69, 9.17) is 0 Å². The summed E-state index contributed by atoms with van der Waals surface area (Å²) in [6, 6.07) is 0. The minimum absolute atomic E-state index is 0.878. The number of nitrogens with zero attached hydrogens (tertiary/aromatic N) is 2. The van der Waals surface area contributed by atoms with Gasteiger partial charge >= 0.3 is 0 Å².